The second-order valence-electron chi connectivity index (χ2n) is 3.77. The van der Waals surface area contributed by atoms with E-state index >= 15 is 0 Å². The van der Waals surface area contributed by atoms with Crippen molar-refractivity contribution in [1.29, 1.82) is 0 Å². The maximum Gasteiger partial charge on any atom is 0.250 e. The molecule has 0 bridgehead atoms. The van der Waals surface area contributed by atoms with Crippen LogP contribution in [0.4, 0.5) is 8.78 Å². The zero-order valence-corrected chi connectivity index (χ0v) is 7.73. The van der Waals surface area contributed by atoms with E-state index in [1.54, 1.807) is 0 Å². The molecule has 0 heterocycles. The largest absolute Gasteiger partial charge is 0.394 e. The number of hydrogen-bond donors (Lipinski definition) is 2. The highest BCUT2D eigenvalue weighted by Crippen LogP contribution is 2.27. The van der Waals surface area contributed by atoms with Gasteiger partial charge in [-0.3, -0.25) is 0 Å². The van der Waals surface area contributed by atoms with Gasteiger partial charge in [-0.2, -0.15) is 0 Å². The lowest BCUT2D eigenvalue weighted by Gasteiger charge is -2.36. The quantitative estimate of drug-likeness (QED) is 0.709. The highest BCUT2D eigenvalue weighted by Gasteiger charge is 2.31. The normalized spacial score (nSPS) is 22.2. The number of alkyl halides is 2. The molecule has 1 rings (SSSR count). The van der Waals surface area contributed by atoms with Gasteiger partial charge >= 0.3 is 0 Å². The van der Waals surface area contributed by atoms with Gasteiger partial charge in [-0.25, -0.2) is 8.78 Å². The van der Waals surface area contributed by atoms with E-state index in [1.165, 1.54) is 0 Å². The molecule has 0 unspecified atom stereocenters. The molecule has 0 aromatic heterocycles. The van der Waals surface area contributed by atoms with Crippen LogP contribution in [0.25, 0.3) is 0 Å². The number of nitrogens with one attached hydrogen (secondary N) is 1. The maximum absolute atomic E-state index is 12.0. The smallest absolute Gasteiger partial charge is 0.250 e. The molecule has 2 nitrogen and oxygen atoms in total. The Morgan fingerprint density at radius 2 is 1.85 bits per heavy atom. The minimum absolute atomic E-state index is 0.0281. The summed E-state index contributed by atoms with van der Waals surface area (Å²) in [6.45, 7) is -0.333. The van der Waals surface area contributed by atoms with Crippen molar-refractivity contribution in [3.05, 3.63) is 0 Å². The second kappa shape index (κ2) is 4.86. The van der Waals surface area contributed by atoms with Gasteiger partial charge in [-0.15, -0.1) is 0 Å². The fourth-order valence-corrected chi connectivity index (χ4v) is 1.91. The molecule has 4 heteroatoms. The molecule has 1 aliphatic rings. The Hall–Kier alpha value is -0.220. The van der Waals surface area contributed by atoms with Gasteiger partial charge in [0.25, 0.3) is 6.43 Å². The van der Waals surface area contributed by atoms with Crippen LogP contribution < -0.4 is 5.32 Å². The van der Waals surface area contributed by atoms with Crippen molar-refractivity contribution in [2.45, 2.75) is 44.1 Å². The van der Waals surface area contributed by atoms with Crippen molar-refractivity contribution < 1.29 is 13.9 Å². The Labute approximate surface area is 77.3 Å². The standard InChI is InChI=1S/C9H17F2NO/c10-8(11)6-12-9(7-13)4-2-1-3-5-9/h8,12-13H,1-7H2. The molecular formula is C9H17F2NO. The van der Waals surface area contributed by atoms with Crippen LogP contribution in [0.3, 0.4) is 0 Å². The van der Waals surface area contributed by atoms with E-state index in [4.69, 9.17) is 5.11 Å². The summed E-state index contributed by atoms with van der Waals surface area (Å²) in [7, 11) is 0. The first-order valence-electron chi connectivity index (χ1n) is 4.83. The molecule has 0 aromatic carbocycles. The number of rotatable bonds is 4. The van der Waals surface area contributed by atoms with E-state index in [1.807, 2.05) is 0 Å². The van der Waals surface area contributed by atoms with Gasteiger partial charge in [0.2, 0.25) is 0 Å². The summed E-state index contributed by atoms with van der Waals surface area (Å²) in [5, 5.41) is 11.9. The number of aliphatic hydroxyl groups excluding tert-OH is 1. The lowest BCUT2D eigenvalue weighted by atomic mass is 9.82. The molecule has 0 aromatic rings. The summed E-state index contributed by atoms with van der Waals surface area (Å²) in [6, 6.07) is 0. The first-order chi connectivity index (χ1) is 6.18. The molecule has 1 aliphatic carbocycles. The topological polar surface area (TPSA) is 32.3 Å². The Bertz CT molecular complexity index is 147. The maximum atomic E-state index is 12.0. The van der Waals surface area contributed by atoms with Crippen molar-refractivity contribution in [1.82, 2.24) is 5.32 Å². The van der Waals surface area contributed by atoms with Crippen molar-refractivity contribution >= 4 is 0 Å². The monoisotopic (exact) mass is 193 g/mol. The van der Waals surface area contributed by atoms with E-state index < -0.39 is 12.0 Å². The molecule has 1 fully saturated rings. The van der Waals surface area contributed by atoms with Crippen LogP contribution in [0.2, 0.25) is 0 Å². The summed E-state index contributed by atoms with van der Waals surface area (Å²) in [4.78, 5) is 0. The lowest BCUT2D eigenvalue weighted by molar-refractivity contribution is 0.0832. The molecule has 0 amide bonds. The average molecular weight is 193 g/mol. The summed E-state index contributed by atoms with van der Waals surface area (Å²) in [5.41, 5.74) is -0.422. The minimum atomic E-state index is -2.33. The number of hydrogen-bond acceptors (Lipinski definition) is 2. The van der Waals surface area contributed by atoms with Crippen LogP contribution in [0.15, 0.2) is 0 Å². The Balaban J connectivity index is 2.38. The molecule has 0 aliphatic heterocycles. The van der Waals surface area contributed by atoms with Crippen molar-refractivity contribution in [2.24, 2.45) is 0 Å². The van der Waals surface area contributed by atoms with E-state index in [0.717, 1.165) is 32.1 Å². The first-order valence-corrected chi connectivity index (χ1v) is 4.83. The third-order valence-corrected chi connectivity index (χ3v) is 2.74. The molecule has 13 heavy (non-hydrogen) atoms. The van der Waals surface area contributed by atoms with Gasteiger partial charge in [-0.05, 0) is 12.8 Å². The fraction of sp³-hybridized carbons (Fsp3) is 1.00. The van der Waals surface area contributed by atoms with Crippen LogP contribution in [0, 0.1) is 0 Å². The van der Waals surface area contributed by atoms with Crippen LogP contribution in [-0.2, 0) is 0 Å². The van der Waals surface area contributed by atoms with Crippen LogP contribution in [-0.4, -0.2) is 30.2 Å². The summed E-state index contributed by atoms with van der Waals surface area (Å²) in [6.07, 6.45) is 2.50. The van der Waals surface area contributed by atoms with E-state index in [-0.39, 0.29) is 13.2 Å². The molecule has 1 saturated carbocycles. The molecule has 0 saturated heterocycles. The van der Waals surface area contributed by atoms with E-state index in [0.29, 0.717) is 0 Å². The number of aliphatic hydroxyl groups is 1. The number of halogens is 2. The Morgan fingerprint density at radius 3 is 2.31 bits per heavy atom. The van der Waals surface area contributed by atoms with Crippen molar-refractivity contribution in [3.8, 4) is 0 Å². The van der Waals surface area contributed by atoms with Crippen LogP contribution in [0.5, 0.6) is 0 Å². The molecule has 2 N–H and O–H groups in total. The predicted octanol–water partition coefficient (Wildman–Crippen LogP) is 1.54. The lowest BCUT2D eigenvalue weighted by Crippen LogP contribution is -2.51. The average Bonchev–Trinajstić information content (AvgIpc) is 2.16. The van der Waals surface area contributed by atoms with Gasteiger partial charge < -0.3 is 10.4 Å². The second-order valence-corrected chi connectivity index (χ2v) is 3.77. The molecule has 0 atom stereocenters. The molecular weight excluding hydrogens is 176 g/mol. The SMILES string of the molecule is OCC1(NCC(F)F)CCCCC1. The third kappa shape index (κ3) is 3.19. The van der Waals surface area contributed by atoms with Gasteiger partial charge in [0, 0.05) is 5.54 Å². The Morgan fingerprint density at radius 1 is 1.23 bits per heavy atom. The van der Waals surface area contributed by atoms with Gasteiger partial charge in [0.15, 0.2) is 0 Å². The highest BCUT2D eigenvalue weighted by atomic mass is 19.3. The van der Waals surface area contributed by atoms with Gasteiger partial charge in [0.1, 0.15) is 0 Å². The highest BCUT2D eigenvalue weighted by molar-refractivity contribution is 4.90. The third-order valence-electron chi connectivity index (χ3n) is 2.74. The van der Waals surface area contributed by atoms with Gasteiger partial charge in [-0.1, -0.05) is 19.3 Å². The molecule has 78 valence electrons. The first kappa shape index (κ1) is 10.9. The zero-order chi connectivity index (χ0) is 9.73. The Kier molecular flexibility index (Phi) is 4.06. The summed E-state index contributed by atoms with van der Waals surface area (Å²) >= 11 is 0. The van der Waals surface area contributed by atoms with Crippen LogP contribution in [0.1, 0.15) is 32.1 Å². The van der Waals surface area contributed by atoms with Crippen molar-refractivity contribution in [3.63, 3.8) is 0 Å². The predicted molar refractivity (Wildman–Crippen MR) is 46.9 cm³/mol. The van der Waals surface area contributed by atoms with Crippen molar-refractivity contribution in [2.75, 3.05) is 13.2 Å². The van der Waals surface area contributed by atoms with Crippen LogP contribution >= 0.6 is 0 Å². The summed E-state index contributed by atoms with van der Waals surface area (Å²) in [5.74, 6) is 0. The molecule has 0 spiro atoms. The van der Waals surface area contributed by atoms with Gasteiger partial charge in [0.05, 0.1) is 13.2 Å². The minimum Gasteiger partial charge on any atom is -0.394 e. The van der Waals surface area contributed by atoms with E-state index in [2.05, 4.69) is 5.32 Å². The fourth-order valence-electron chi connectivity index (χ4n) is 1.91. The zero-order valence-electron chi connectivity index (χ0n) is 7.73. The van der Waals surface area contributed by atoms with E-state index in [9.17, 15) is 8.78 Å². The molecule has 0 radical (unpaired) electrons. The summed E-state index contributed by atoms with van der Waals surface area (Å²) < 4.78 is 23.9.